The first-order valence-electron chi connectivity index (χ1n) is 9.90. The van der Waals surface area contributed by atoms with Crippen LogP contribution in [0, 0.1) is 5.92 Å². The van der Waals surface area contributed by atoms with Gasteiger partial charge >= 0.3 is 0 Å². The molecular weight excluding hydrogens is 404 g/mol. The van der Waals surface area contributed by atoms with Gasteiger partial charge in [-0.05, 0) is 49.1 Å². The molecule has 1 saturated heterocycles. The first-order valence-corrected chi connectivity index (χ1v) is 11.4. The number of carbonyl (C=O) groups is 1. The van der Waals surface area contributed by atoms with Crippen LogP contribution in [0.15, 0.2) is 57.8 Å². The number of oxazole rings is 1. The molecule has 0 spiro atoms. The van der Waals surface area contributed by atoms with Gasteiger partial charge in [-0.15, -0.1) is 0 Å². The summed E-state index contributed by atoms with van der Waals surface area (Å²) >= 11 is 0. The molecule has 30 heavy (non-hydrogen) atoms. The van der Waals surface area contributed by atoms with Crippen LogP contribution in [0.5, 0.6) is 0 Å². The third kappa shape index (κ3) is 4.63. The number of hydrogen-bond acceptors (Lipinski definition) is 6. The maximum Gasteiger partial charge on any atom is 0.298 e. The minimum atomic E-state index is -3.69. The van der Waals surface area contributed by atoms with E-state index in [4.69, 9.17) is 9.56 Å². The van der Waals surface area contributed by atoms with E-state index in [1.807, 2.05) is 24.3 Å². The number of primary sulfonamides is 1. The Morgan fingerprint density at radius 2 is 1.83 bits per heavy atom. The number of nitrogens with two attached hydrogens (primary N) is 1. The minimum absolute atomic E-state index is 0.0320. The second kappa shape index (κ2) is 8.45. The lowest BCUT2D eigenvalue weighted by atomic mass is 9.96. The van der Waals surface area contributed by atoms with E-state index in [1.54, 1.807) is 12.1 Å². The number of rotatable bonds is 6. The number of amides is 1. The lowest BCUT2D eigenvalue weighted by Gasteiger charge is -2.30. The Morgan fingerprint density at radius 1 is 1.13 bits per heavy atom. The Morgan fingerprint density at radius 3 is 2.50 bits per heavy atom. The van der Waals surface area contributed by atoms with E-state index in [-0.39, 0.29) is 16.7 Å². The predicted octanol–water partition coefficient (Wildman–Crippen LogP) is 2.05. The number of sulfonamides is 1. The number of piperidine rings is 1. The zero-order valence-electron chi connectivity index (χ0n) is 16.5. The van der Waals surface area contributed by atoms with Crippen LogP contribution in [-0.2, 0) is 21.2 Å². The van der Waals surface area contributed by atoms with Gasteiger partial charge in [0.1, 0.15) is 5.52 Å². The highest BCUT2D eigenvalue weighted by Crippen LogP contribution is 2.26. The number of aromatic nitrogens is 1. The van der Waals surface area contributed by atoms with Crippen LogP contribution in [0.4, 0.5) is 6.01 Å². The summed E-state index contributed by atoms with van der Waals surface area (Å²) in [7, 11) is -3.69. The molecule has 9 heteroatoms. The molecule has 0 bridgehead atoms. The number of nitrogens with zero attached hydrogens (tertiary/aromatic N) is 2. The number of carbonyl (C=O) groups excluding carboxylic acids is 1. The molecule has 0 atom stereocenters. The van der Waals surface area contributed by atoms with Crippen molar-refractivity contribution in [3.63, 3.8) is 0 Å². The minimum Gasteiger partial charge on any atom is -0.423 e. The Kier molecular flexibility index (Phi) is 5.74. The van der Waals surface area contributed by atoms with E-state index in [0.717, 1.165) is 42.6 Å². The second-order valence-electron chi connectivity index (χ2n) is 7.46. The van der Waals surface area contributed by atoms with Gasteiger partial charge in [0.15, 0.2) is 5.58 Å². The summed E-state index contributed by atoms with van der Waals surface area (Å²) in [5.41, 5.74) is 2.54. The second-order valence-corrected chi connectivity index (χ2v) is 9.02. The third-order valence-corrected chi connectivity index (χ3v) is 6.31. The number of hydrogen-bond donors (Lipinski definition) is 2. The summed E-state index contributed by atoms with van der Waals surface area (Å²) in [5, 5.41) is 8.08. The van der Waals surface area contributed by atoms with Gasteiger partial charge in [0.2, 0.25) is 15.9 Å². The van der Waals surface area contributed by atoms with Gasteiger partial charge in [0, 0.05) is 25.6 Å². The van der Waals surface area contributed by atoms with E-state index >= 15 is 0 Å². The van der Waals surface area contributed by atoms with Crippen molar-refractivity contribution in [1.82, 2.24) is 10.3 Å². The molecule has 0 radical (unpaired) electrons. The molecule has 3 N–H and O–H groups in total. The molecule has 1 aromatic heterocycles. The van der Waals surface area contributed by atoms with Crippen molar-refractivity contribution in [3.05, 3.63) is 54.1 Å². The molecular formula is C21H24N4O4S. The highest BCUT2D eigenvalue weighted by atomic mass is 32.2. The van der Waals surface area contributed by atoms with Gasteiger partial charge in [-0.2, -0.15) is 4.98 Å². The van der Waals surface area contributed by atoms with Crippen molar-refractivity contribution in [3.8, 4) is 0 Å². The van der Waals surface area contributed by atoms with Crippen molar-refractivity contribution >= 4 is 33.0 Å². The molecule has 158 valence electrons. The van der Waals surface area contributed by atoms with Crippen LogP contribution in [0.25, 0.3) is 11.1 Å². The van der Waals surface area contributed by atoms with Gasteiger partial charge < -0.3 is 14.6 Å². The molecule has 2 heterocycles. The topological polar surface area (TPSA) is 119 Å². The summed E-state index contributed by atoms with van der Waals surface area (Å²) in [6, 6.07) is 14.7. The fourth-order valence-corrected chi connectivity index (χ4v) is 4.16. The van der Waals surface area contributed by atoms with Gasteiger partial charge in [-0.3, -0.25) is 4.79 Å². The quantitative estimate of drug-likeness (QED) is 0.620. The van der Waals surface area contributed by atoms with Crippen LogP contribution in [0.3, 0.4) is 0 Å². The van der Waals surface area contributed by atoms with Crippen LogP contribution in [0.1, 0.15) is 18.4 Å². The molecule has 1 fully saturated rings. The summed E-state index contributed by atoms with van der Waals surface area (Å²) in [6.45, 7) is 1.94. The van der Waals surface area contributed by atoms with E-state index in [2.05, 4.69) is 15.2 Å². The molecule has 8 nitrogen and oxygen atoms in total. The Bertz CT molecular complexity index is 1100. The molecule has 1 amide bonds. The SMILES string of the molecule is NS(=O)(=O)c1ccc(CCNC(=O)C2CCN(c3nc4ccccc4o3)CC2)cc1. The van der Waals surface area contributed by atoms with Crippen molar-refractivity contribution in [1.29, 1.82) is 0 Å². The predicted molar refractivity (Wildman–Crippen MR) is 113 cm³/mol. The third-order valence-electron chi connectivity index (χ3n) is 5.38. The Balaban J connectivity index is 1.24. The van der Waals surface area contributed by atoms with Crippen molar-refractivity contribution in [2.75, 3.05) is 24.5 Å². The van der Waals surface area contributed by atoms with Gasteiger partial charge in [-0.25, -0.2) is 13.6 Å². The average molecular weight is 429 g/mol. The van der Waals surface area contributed by atoms with Gasteiger partial charge in [0.25, 0.3) is 6.01 Å². The summed E-state index contributed by atoms with van der Waals surface area (Å²) in [5.74, 6) is 0.0174. The molecule has 4 rings (SSSR count). The zero-order valence-corrected chi connectivity index (χ0v) is 17.3. The number of benzene rings is 2. The first kappa shape index (κ1) is 20.4. The largest absolute Gasteiger partial charge is 0.423 e. The number of para-hydroxylation sites is 2. The molecule has 2 aromatic carbocycles. The van der Waals surface area contributed by atoms with E-state index in [1.165, 1.54) is 12.1 Å². The number of fused-ring (bicyclic) bond motifs is 1. The van der Waals surface area contributed by atoms with Crippen LogP contribution >= 0.6 is 0 Å². The lowest BCUT2D eigenvalue weighted by molar-refractivity contribution is -0.125. The number of anilines is 1. The van der Waals surface area contributed by atoms with E-state index in [9.17, 15) is 13.2 Å². The van der Waals surface area contributed by atoms with Gasteiger partial charge in [0.05, 0.1) is 4.90 Å². The van der Waals surface area contributed by atoms with E-state index in [0.29, 0.717) is 19.0 Å². The molecule has 0 aliphatic carbocycles. The van der Waals surface area contributed by atoms with Crippen molar-refractivity contribution in [2.45, 2.75) is 24.2 Å². The first-order chi connectivity index (χ1) is 14.4. The van der Waals surface area contributed by atoms with Crippen LogP contribution in [-0.4, -0.2) is 38.9 Å². The smallest absolute Gasteiger partial charge is 0.298 e. The van der Waals surface area contributed by atoms with Crippen molar-refractivity contribution in [2.24, 2.45) is 11.1 Å². The maximum atomic E-state index is 12.5. The highest BCUT2D eigenvalue weighted by Gasteiger charge is 2.27. The molecule has 3 aromatic rings. The normalized spacial score (nSPS) is 15.4. The molecule has 0 saturated carbocycles. The fourth-order valence-electron chi connectivity index (χ4n) is 3.65. The summed E-state index contributed by atoms with van der Waals surface area (Å²) < 4.78 is 28.4. The molecule has 1 aliphatic heterocycles. The molecule has 1 aliphatic rings. The fraction of sp³-hybridized carbons (Fsp3) is 0.333. The zero-order chi connectivity index (χ0) is 21.1. The average Bonchev–Trinajstić information content (AvgIpc) is 3.18. The van der Waals surface area contributed by atoms with Crippen molar-refractivity contribution < 1.29 is 17.6 Å². The van der Waals surface area contributed by atoms with Gasteiger partial charge in [-0.1, -0.05) is 24.3 Å². The van der Waals surface area contributed by atoms with Crippen LogP contribution in [0.2, 0.25) is 0 Å². The summed E-state index contributed by atoms with van der Waals surface area (Å²) in [6.07, 6.45) is 2.11. The Hall–Kier alpha value is -2.91. The summed E-state index contributed by atoms with van der Waals surface area (Å²) in [4.78, 5) is 19.2. The maximum absolute atomic E-state index is 12.5. The van der Waals surface area contributed by atoms with E-state index < -0.39 is 10.0 Å². The Labute approximate surface area is 175 Å². The number of nitrogens with one attached hydrogen (secondary N) is 1. The monoisotopic (exact) mass is 428 g/mol. The standard InChI is InChI=1S/C21H24N4O4S/c22-30(27,28)17-7-5-15(6-8-17)9-12-23-20(26)16-10-13-25(14-11-16)21-24-18-3-1-2-4-19(18)29-21/h1-8,16H,9-14H2,(H,23,26)(H2,22,27,28). The highest BCUT2D eigenvalue weighted by molar-refractivity contribution is 7.89. The van der Waals surface area contributed by atoms with Crippen LogP contribution < -0.4 is 15.4 Å². The molecule has 0 unspecified atom stereocenters. The lowest BCUT2D eigenvalue weighted by Crippen LogP contribution is -2.41.